The molecule has 1 N–H and O–H groups in total. The quantitative estimate of drug-likeness (QED) is 0.905. The van der Waals surface area contributed by atoms with Crippen LogP contribution in [-0.2, 0) is 11.3 Å². The predicted octanol–water partition coefficient (Wildman–Crippen LogP) is 2.43. The number of carbonyl (C=O) groups is 1. The lowest BCUT2D eigenvalue weighted by atomic mass is 9.97. The van der Waals surface area contributed by atoms with E-state index in [2.05, 4.69) is 17.3 Å². The maximum atomic E-state index is 12.2. The number of carbonyl (C=O) groups excluding carboxylic acids is 1. The van der Waals surface area contributed by atoms with Crippen molar-refractivity contribution >= 4 is 5.91 Å². The molecule has 0 bridgehead atoms. The zero-order valence-electron chi connectivity index (χ0n) is 13.3. The van der Waals surface area contributed by atoms with Crippen LogP contribution in [0.1, 0.15) is 32.3 Å². The molecule has 0 radical (unpaired) electrons. The molecule has 1 fully saturated rings. The van der Waals surface area contributed by atoms with Gasteiger partial charge in [0.15, 0.2) is 0 Å². The van der Waals surface area contributed by atoms with Gasteiger partial charge in [0.05, 0.1) is 12.0 Å². The lowest BCUT2D eigenvalue weighted by Gasteiger charge is -2.28. The van der Waals surface area contributed by atoms with Crippen LogP contribution in [0.4, 0.5) is 0 Å². The fourth-order valence-electron chi connectivity index (χ4n) is 2.67. The number of nitrogens with one attached hydrogen (secondary N) is 1. The number of hydrogen-bond acceptors (Lipinski definition) is 3. The summed E-state index contributed by atoms with van der Waals surface area (Å²) in [5, 5.41) is 3.04. The normalized spacial score (nSPS) is 19.5. The molecule has 0 unspecified atom stereocenters. The summed E-state index contributed by atoms with van der Waals surface area (Å²) in [7, 11) is 2.08. The highest BCUT2D eigenvalue weighted by Crippen LogP contribution is 2.16. The van der Waals surface area contributed by atoms with Gasteiger partial charge in [-0.1, -0.05) is 12.1 Å². The van der Waals surface area contributed by atoms with Gasteiger partial charge in [-0.3, -0.25) is 4.79 Å². The second-order valence-corrected chi connectivity index (χ2v) is 6.13. The molecule has 21 heavy (non-hydrogen) atoms. The minimum atomic E-state index is 0.132. The summed E-state index contributed by atoms with van der Waals surface area (Å²) in [6, 6.07) is 7.92. The van der Waals surface area contributed by atoms with Crippen LogP contribution >= 0.6 is 0 Å². The smallest absolute Gasteiger partial charge is 0.224 e. The zero-order valence-corrected chi connectivity index (χ0v) is 13.3. The molecule has 4 heteroatoms. The van der Waals surface area contributed by atoms with Gasteiger partial charge < -0.3 is 15.0 Å². The molecular formula is C17H26N2O2. The number of hydrogen-bond donors (Lipinski definition) is 1. The first-order valence-electron chi connectivity index (χ1n) is 7.76. The van der Waals surface area contributed by atoms with Crippen molar-refractivity contribution in [2.75, 3.05) is 20.1 Å². The lowest BCUT2D eigenvalue weighted by molar-refractivity contribution is -0.126. The van der Waals surface area contributed by atoms with Gasteiger partial charge >= 0.3 is 0 Å². The Morgan fingerprint density at radius 3 is 2.71 bits per heavy atom. The topological polar surface area (TPSA) is 41.6 Å². The highest BCUT2D eigenvalue weighted by molar-refractivity contribution is 5.78. The average Bonchev–Trinajstić information content (AvgIpc) is 2.45. The molecule has 1 aliphatic rings. The fourth-order valence-corrected chi connectivity index (χ4v) is 2.67. The lowest BCUT2D eigenvalue weighted by Crippen LogP contribution is -2.41. The Morgan fingerprint density at radius 2 is 2.10 bits per heavy atom. The molecule has 1 saturated heterocycles. The maximum absolute atomic E-state index is 12.2. The fraction of sp³-hybridized carbons (Fsp3) is 0.588. The molecule has 116 valence electrons. The van der Waals surface area contributed by atoms with Crippen molar-refractivity contribution < 1.29 is 9.53 Å². The first-order valence-corrected chi connectivity index (χ1v) is 7.76. The van der Waals surface area contributed by atoms with Gasteiger partial charge in [-0.25, -0.2) is 0 Å². The SMILES string of the molecule is CC(C)Oc1ccc(CNC(=O)[C@@H]2CCCN(C)C2)cc1. The summed E-state index contributed by atoms with van der Waals surface area (Å²) >= 11 is 0. The maximum Gasteiger partial charge on any atom is 0.224 e. The second kappa shape index (κ2) is 7.46. The molecular weight excluding hydrogens is 264 g/mol. The predicted molar refractivity (Wildman–Crippen MR) is 84.3 cm³/mol. The van der Waals surface area contributed by atoms with E-state index < -0.39 is 0 Å². The van der Waals surface area contributed by atoms with E-state index in [0.29, 0.717) is 6.54 Å². The zero-order chi connectivity index (χ0) is 15.2. The van der Waals surface area contributed by atoms with Gasteiger partial charge in [-0.05, 0) is 58.0 Å². The minimum Gasteiger partial charge on any atom is -0.491 e. The van der Waals surface area contributed by atoms with E-state index in [9.17, 15) is 4.79 Å². The Labute approximate surface area is 127 Å². The Hall–Kier alpha value is -1.55. The van der Waals surface area contributed by atoms with Crippen LogP contribution < -0.4 is 10.1 Å². The molecule has 4 nitrogen and oxygen atoms in total. The number of benzene rings is 1. The molecule has 1 atom stereocenters. The highest BCUT2D eigenvalue weighted by Gasteiger charge is 2.23. The van der Waals surface area contributed by atoms with Gasteiger partial charge in [0.1, 0.15) is 5.75 Å². The number of amides is 1. The van der Waals surface area contributed by atoms with Crippen molar-refractivity contribution in [1.82, 2.24) is 10.2 Å². The third-order valence-corrected chi connectivity index (χ3v) is 3.76. The van der Waals surface area contributed by atoms with Crippen LogP contribution in [0.2, 0.25) is 0 Å². The number of piperidine rings is 1. The average molecular weight is 290 g/mol. The van der Waals surface area contributed by atoms with E-state index >= 15 is 0 Å². The van der Waals surface area contributed by atoms with Crippen LogP contribution in [-0.4, -0.2) is 37.0 Å². The van der Waals surface area contributed by atoms with Crippen LogP contribution in [0, 0.1) is 5.92 Å². The molecule has 2 rings (SSSR count). The van der Waals surface area contributed by atoms with Crippen molar-refractivity contribution in [1.29, 1.82) is 0 Å². The number of nitrogens with zero attached hydrogens (tertiary/aromatic N) is 1. The van der Waals surface area contributed by atoms with Gasteiger partial charge in [-0.2, -0.15) is 0 Å². The van der Waals surface area contributed by atoms with Crippen molar-refractivity contribution in [3.05, 3.63) is 29.8 Å². The number of rotatable bonds is 5. The molecule has 1 aliphatic heterocycles. The summed E-state index contributed by atoms with van der Waals surface area (Å²) in [4.78, 5) is 14.4. The third-order valence-electron chi connectivity index (χ3n) is 3.76. The van der Waals surface area contributed by atoms with E-state index in [1.54, 1.807) is 0 Å². The summed E-state index contributed by atoms with van der Waals surface area (Å²) < 4.78 is 5.61. The van der Waals surface area contributed by atoms with Gasteiger partial charge in [0, 0.05) is 13.1 Å². The van der Waals surface area contributed by atoms with E-state index in [0.717, 1.165) is 37.2 Å². The van der Waals surface area contributed by atoms with Gasteiger partial charge in [0.2, 0.25) is 5.91 Å². The molecule has 1 aromatic carbocycles. The second-order valence-electron chi connectivity index (χ2n) is 6.13. The molecule has 1 amide bonds. The van der Waals surface area contributed by atoms with Gasteiger partial charge in [0.25, 0.3) is 0 Å². The molecule has 0 aliphatic carbocycles. The monoisotopic (exact) mass is 290 g/mol. The first kappa shape index (κ1) is 15.8. The molecule has 1 heterocycles. The number of likely N-dealkylation sites (tertiary alicyclic amines) is 1. The van der Waals surface area contributed by atoms with Crippen LogP contribution in [0.25, 0.3) is 0 Å². The molecule has 0 saturated carbocycles. The van der Waals surface area contributed by atoms with Crippen molar-refractivity contribution in [2.45, 2.75) is 39.3 Å². The first-order chi connectivity index (χ1) is 10.0. The van der Waals surface area contributed by atoms with Crippen molar-refractivity contribution in [2.24, 2.45) is 5.92 Å². The van der Waals surface area contributed by atoms with Crippen LogP contribution in [0.5, 0.6) is 5.75 Å². The summed E-state index contributed by atoms with van der Waals surface area (Å²) in [6.07, 6.45) is 2.28. The van der Waals surface area contributed by atoms with E-state index in [1.807, 2.05) is 38.1 Å². The standard InChI is InChI=1S/C17H26N2O2/c1-13(2)21-16-8-6-14(7-9-16)11-18-17(20)15-5-4-10-19(3)12-15/h6-9,13,15H,4-5,10-12H2,1-3H3,(H,18,20)/t15-/m1/s1. The van der Waals surface area contributed by atoms with Gasteiger partial charge in [-0.15, -0.1) is 0 Å². The summed E-state index contributed by atoms with van der Waals surface area (Å²) in [6.45, 7) is 6.57. The molecule has 1 aromatic rings. The van der Waals surface area contributed by atoms with E-state index in [1.165, 1.54) is 0 Å². The number of ether oxygens (including phenoxy) is 1. The Morgan fingerprint density at radius 1 is 1.38 bits per heavy atom. The molecule has 0 spiro atoms. The largest absolute Gasteiger partial charge is 0.491 e. The molecule has 0 aromatic heterocycles. The van der Waals surface area contributed by atoms with Crippen molar-refractivity contribution in [3.8, 4) is 5.75 Å². The Balaban J connectivity index is 1.80. The Kier molecular flexibility index (Phi) is 5.62. The highest BCUT2D eigenvalue weighted by atomic mass is 16.5. The van der Waals surface area contributed by atoms with Crippen molar-refractivity contribution in [3.63, 3.8) is 0 Å². The minimum absolute atomic E-state index is 0.132. The van der Waals surface area contributed by atoms with Crippen LogP contribution in [0.15, 0.2) is 24.3 Å². The Bertz CT molecular complexity index is 456. The summed E-state index contributed by atoms with van der Waals surface area (Å²) in [5.74, 6) is 1.17. The third kappa shape index (κ3) is 5.05. The van der Waals surface area contributed by atoms with E-state index in [-0.39, 0.29) is 17.9 Å². The summed E-state index contributed by atoms with van der Waals surface area (Å²) in [5.41, 5.74) is 1.10. The van der Waals surface area contributed by atoms with Crippen LogP contribution in [0.3, 0.4) is 0 Å². The van der Waals surface area contributed by atoms with E-state index in [4.69, 9.17) is 4.74 Å².